The molecule has 0 spiro atoms. The van der Waals surface area contributed by atoms with Crippen molar-refractivity contribution in [2.45, 2.75) is 0 Å². The molecule has 7 aromatic carbocycles. The largest absolute Gasteiger partial charge is 0.264 e. The Labute approximate surface area is 325 Å². The number of hydrogen-bond donors (Lipinski definition) is 0. The third kappa shape index (κ3) is 6.14. The lowest BCUT2D eigenvalue weighted by Crippen LogP contribution is -1.97. The third-order valence-electron chi connectivity index (χ3n) is 10.3. The zero-order valence-corrected chi connectivity index (χ0v) is 30.3. The molecule has 0 fully saturated rings. The molecule has 0 saturated heterocycles. The van der Waals surface area contributed by atoms with Gasteiger partial charge in [0.1, 0.15) is 0 Å². The van der Waals surface area contributed by atoms with E-state index in [1.165, 1.54) is 38.2 Å². The van der Waals surface area contributed by atoms with E-state index in [1.807, 2.05) is 42.7 Å². The predicted molar refractivity (Wildman–Crippen MR) is 228 cm³/mol. The first kappa shape index (κ1) is 32.9. The Balaban J connectivity index is 1.17. The Kier molecular flexibility index (Phi) is 8.36. The lowest BCUT2D eigenvalue weighted by molar-refractivity contribution is 1.18. The molecule has 10 rings (SSSR count). The maximum Gasteiger partial charge on any atom is 0.160 e. The van der Waals surface area contributed by atoms with Crippen molar-refractivity contribution in [2.75, 3.05) is 0 Å². The van der Waals surface area contributed by atoms with Crippen LogP contribution >= 0.6 is 0 Å². The van der Waals surface area contributed by atoms with Crippen LogP contribution in [-0.2, 0) is 0 Å². The van der Waals surface area contributed by atoms with E-state index in [1.54, 1.807) is 12.4 Å². The molecule has 260 valence electrons. The van der Waals surface area contributed by atoms with Crippen LogP contribution in [0, 0.1) is 12.1 Å². The second-order valence-electron chi connectivity index (χ2n) is 13.7. The van der Waals surface area contributed by atoms with Crippen LogP contribution in [0.3, 0.4) is 0 Å². The monoisotopic (exact) mass is 712 g/mol. The normalized spacial score (nSPS) is 11.1. The predicted octanol–water partition coefficient (Wildman–Crippen LogP) is 12.8. The Morgan fingerprint density at radius 1 is 0.357 bits per heavy atom. The fraction of sp³-hybridized carbons (Fsp3) is 0. The van der Waals surface area contributed by atoms with Gasteiger partial charge in [-0.3, -0.25) is 9.97 Å². The molecule has 56 heavy (non-hydrogen) atoms. The Bertz CT molecular complexity index is 2860. The molecule has 0 atom stereocenters. The second kappa shape index (κ2) is 14.2. The number of pyridine rings is 2. The zero-order chi connectivity index (χ0) is 37.3. The highest BCUT2D eigenvalue weighted by molar-refractivity contribution is 6.21. The van der Waals surface area contributed by atoms with E-state index in [2.05, 4.69) is 162 Å². The van der Waals surface area contributed by atoms with Gasteiger partial charge in [-0.25, -0.2) is 9.97 Å². The minimum atomic E-state index is 0.626. The molecular weight excluding hydrogens is 681 g/mol. The lowest BCUT2D eigenvalue weighted by Gasteiger charge is -2.18. The molecule has 0 saturated carbocycles. The maximum absolute atomic E-state index is 5.27. The summed E-state index contributed by atoms with van der Waals surface area (Å²) in [7, 11) is 0. The summed E-state index contributed by atoms with van der Waals surface area (Å²) in [6, 6.07) is 65.9. The average molecular weight is 713 g/mol. The van der Waals surface area contributed by atoms with Crippen molar-refractivity contribution in [1.29, 1.82) is 0 Å². The summed E-state index contributed by atoms with van der Waals surface area (Å²) in [6.45, 7) is 0. The third-order valence-corrected chi connectivity index (χ3v) is 10.3. The summed E-state index contributed by atoms with van der Waals surface area (Å²) in [6.07, 6.45) is 7.32. The van der Waals surface area contributed by atoms with Crippen LogP contribution in [0.5, 0.6) is 0 Å². The number of rotatable bonds is 7. The smallest absolute Gasteiger partial charge is 0.160 e. The molecule has 0 unspecified atom stereocenters. The number of fused-ring (bicyclic) bond motifs is 2. The molecule has 0 aliphatic carbocycles. The Morgan fingerprint density at radius 2 is 0.875 bits per heavy atom. The van der Waals surface area contributed by atoms with Crippen LogP contribution in [0.4, 0.5) is 0 Å². The van der Waals surface area contributed by atoms with Crippen LogP contribution in [0.2, 0.25) is 0 Å². The van der Waals surface area contributed by atoms with Crippen LogP contribution in [0.25, 0.3) is 100.0 Å². The van der Waals surface area contributed by atoms with Crippen molar-refractivity contribution in [3.63, 3.8) is 0 Å². The van der Waals surface area contributed by atoms with Crippen molar-refractivity contribution in [3.8, 4) is 78.4 Å². The van der Waals surface area contributed by atoms with E-state index in [9.17, 15) is 0 Å². The van der Waals surface area contributed by atoms with Gasteiger partial charge >= 0.3 is 0 Å². The van der Waals surface area contributed by atoms with Crippen molar-refractivity contribution < 1.29 is 0 Å². The first-order valence-electron chi connectivity index (χ1n) is 18.6. The highest BCUT2D eigenvalue weighted by atomic mass is 14.9. The zero-order valence-electron chi connectivity index (χ0n) is 30.3. The minimum absolute atomic E-state index is 0.626. The van der Waals surface area contributed by atoms with Gasteiger partial charge in [-0.2, -0.15) is 0 Å². The first-order valence-corrected chi connectivity index (χ1v) is 18.6. The molecule has 3 aromatic heterocycles. The van der Waals surface area contributed by atoms with Gasteiger partial charge in [0.2, 0.25) is 0 Å². The Morgan fingerprint density at radius 3 is 1.54 bits per heavy atom. The van der Waals surface area contributed by atoms with Crippen LogP contribution < -0.4 is 0 Å². The van der Waals surface area contributed by atoms with Gasteiger partial charge in [-0.1, -0.05) is 140 Å². The van der Waals surface area contributed by atoms with E-state index >= 15 is 0 Å². The summed E-state index contributed by atoms with van der Waals surface area (Å²) in [5.41, 5.74) is 13.1. The summed E-state index contributed by atoms with van der Waals surface area (Å²) in [5.74, 6) is 0.626. The van der Waals surface area contributed by atoms with Crippen LogP contribution in [-0.4, -0.2) is 19.9 Å². The molecule has 0 bridgehead atoms. The van der Waals surface area contributed by atoms with Gasteiger partial charge in [0.25, 0.3) is 0 Å². The number of benzene rings is 6. The quantitative estimate of drug-likeness (QED) is 0.154. The summed E-state index contributed by atoms with van der Waals surface area (Å²) in [5, 5.41) is 4.82. The minimum Gasteiger partial charge on any atom is -0.264 e. The van der Waals surface area contributed by atoms with E-state index in [4.69, 9.17) is 9.97 Å². The van der Waals surface area contributed by atoms with Crippen molar-refractivity contribution >= 4 is 21.5 Å². The highest BCUT2D eigenvalue weighted by Crippen LogP contribution is 2.44. The van der Waals surface area contributed by atoms with Crippen molar-refractivity contribution in [2.24, 2.45) is 0 Å². The topological polar surface area (TPSA) is 51.6 Å². The molecule has 0 radical (unpaired) electrons. The van der Waals surface area contributed by atoms with Gasteiger partial charge in [0.05, 0.1) is 17.0 Å². The summed E-state index contributed by atoms with van der Waals surface area (Å²) >= 11 is 0. The molecule has 0 amide bonds. The molecule has 4 heteroatoms. The number of aromatic nitrogens is 4. The van der Waals surface area contributed by atoms with Gasteiger partial charge < -0.3 is 0 Å². The van der Waals surface area contributed by atoms with Gasteiger partial charge in [-0.05, 0) is 97.4 Å². The van der Waals surface area contributed by atoms with E-state index in [-0.39, 0.29) is 0 Å². The molecule has 4 nitrogen and oxygen atoms in total. The molecule has 3 heterocycles. The van der Waals surface area contributed by atoms with Gasteiger partial charge in [0, 0.05) is 47.0 Å². The fourth-order valence-corrected chi connectivity index (χ4v) is 7.69. The molecule has 0 aliphatic rings. The van der Waals surface area contributed by atoms with E-state index in [0.29, 0.717) is 5.82 Å². The van der Waals surface area contributed by atoms with E-state index in [0.717, 1.165) is 55.9 Å². The summed E-state index contributed by atoms with van der Waals surface area (Å²) < 4.78 is 0. The number of nitrogens with zero attached hydrogens (tertiary/aromatic N) is 4. The highest BCUT2D eigenvalue weighted by Gasteiger charge is 2.18. The van der Waals surface area contributed by atoms with Crippen molar-refractivity contribution in [3.05, 3.63) is 207 Å². The molecule has 0 N–H and O–H groups in total. The fourth-order valence-electron chi connectivity index (χ4n) is 7.69. The standard InChI is InChI=1S/C52H32N4/c1-2-13-35(14-3-1)50-44-23-4-6-25-46(44)51(47-26-7-5-24-45(47)50)40-19-10-20-41(31-40)52-55-48(38-17-8-15-36(29-38)42-21-11-27-53-33-42)32-49(56-52)39-18-9-16-37(30-39)43-22-12-28-54-34-43/h1-8,10-17,19-34H. The van der Waals surface area contributed by atoms with Crippen molar-refractivity contribution in [1.82, 2.24) is 19.9 Å². The molecule has 10 aromatic rings. The summed E-state index contributed by atoms with van der Waals surface area (Å²) in [4.78, 5) is 19.2. The second-order valence-corrected chi connectivity index (χ2v) is 13.7. The molecular formula is C52H32N4. The van der Waals surface area contributed by atoms with Gasteiger partial charge in [-0.15, -0.1) is 0 Å². The number of hydrogen-bond acceptors (Lipinski definition) is 4. The van der Waals surface area contributed by atoms with Crippen LogP contribution in [0.1, 0.15) is 0 Å². The Hall–Kier alpha value is -7.74. The van der Waals surface area contributed by atoms with E-state index < -0.39 is 0 Å². The maximum atomic E-state index is 5.27. The van der Waals surface area contributed by atoms with Gasteiger partial charge in [0.15, 0.2) is 5.82 Å². The first-order chi connectivity index (χ1) is 27.8. The average Bonchev–Trinajstić information content (AvgIpc) is 3.29. The van der Waals surface area contributed by atoms with Crippen LogP contribution in [0.15, 0.2) is 195 Å². The lowest BCUT2D eigenvalue weighted by atomic mass is 9.85. The SMILES string of the molecule is c1cc(-c2cccnc2)cc(-c2cc(-c3cccc(-c4cccnc4)c3)nc(-c3cccc(-c4c5ccccc5c(-c5ccccc5)c5ccccc45)c3)n2)c#1. The molecule has 0 aliphatic heterocycles.